The van der Waals surface area contributed by atoms with Crippen molar-refractivity contribution in [3.8, 4) is 0 Å². The van der Waals surface area contributed by atoms with Gasteiger partial charge in [-0.3, -0.25) is 9.89 Å². The van der Waals surface area contributed by atoms with Crippen molar-refractivity contribution in [1.29, 1.82) is 0 Å². The molecule has 0 spiro atoms. The summed E-state index contributed by atoms with van der Waals surface area (Å²) in [6.45, 7) is 3.64. The SMILES string of the molecule is CN=C(NCCc1nc(C(F)(F)F)cs1)NCC1(N2CCSCC2)CCCC1. The van der Waals surface area contributed by atoms with E-state index in [4.69, 9.17) is 0 Å². The number of guanidine groups is 1. The van der Waals surface area contributed by atoms with E-state index in [-0.39, 0.29) is 5.54 Å². The van der Waals surface area contributed by atoms with E-state index in [1.165, 1.54) is 37.2 Å². The Labute approximate surface area is 172 Å². The monoisotopic (exact) mass is 435 g/mol. The van der Waals surface area contributed by atoms with Gasteiger partial charge in [-0.15, -0.1) is 11.3 Å². The number of aliphatic imine (C=N–C) groups is 1. The summed E-state index contributed by atoms with van der Waals surface area (Å²) in [4.78, 5) is 10.6. The number of hydrogen-bond acceptors (Lipinski definition) is 5. The van der Waals surface area contributed by atoms with Crippen LogP contribution in [-0.4, -0.2) is 66.1 Å². The van der Waals surface area contributed by atoms with Gasteiger partial charge < -0.3 is 10.6 Å². The summed E-state index contributed by atoms with van der Waals surface area (Å²) in [6.07, 6.45) is 1.02. The highest BCUT2D eigenvalue weighted by molar-refractivity contribution is 7.99. The third kappa shape index (κ3) is 5.54. The molecule has 1 aliphatic carbocycles. The van der Waals surface area contributed by atoms with Gasteiger partial charge >= 0.3 is 6.18 Å². The average molecular weight is 436 g/mol. The molecular weight excluding hydrogens is 407 g/mol. The normalized spacial score (nSPS) is 21.1. The first-order valence-corrected chi connectivity index (χ1v) is 11.8. The Morgan fingerprint density at radius 3 is 2.57 bits per heavy atom. The third-order valence-corrected chi connectivity index (χ3v) is 7.35. The van der Waals surface area contributed by atoms with Gasteiger partial charge in [0.05, 0.1) is 5.01 Å². The maximum atomic E-state index is 12.6. The zero-order chi connectivity index (χ0) is 20.0. The smallest absolute Gasteiger partial charge is 0.356 e. The second-order valence-electron chi connectivity index (χ2n) is 7.26. The summed E-state index contributed by atoms with van der Waals surface area (Å²) in [6, 6.07) is 0. The van der Waals surface area contributed by atoms with Gasteiger partial charge in [0.15, 0.2) is 11.7 Å². The van der Waals surface area contributed by atoms with E-state index in [0.29, 0.717) is 23.9 Å². The van der Waals surface area contributed by atoms with Crippen LogP contribution in [-0.2, 0) is 12.6 Å². The van der Waals surface area contributed by atoms with Crippen LogP contribution in [0.3, 0.4) is 0 Å². The third-order valence-electron chi connectivity index (χ3n) is 5.50. The standard InChI is InChI=1S/C18H28F3N5S2/c1-22-16(23-7-4-15-25-14(12-28-15)18(19,20)21)24-13-17(5-2-3-6-17)26-8-10-27-11-9-26/h12H,2-11,13H2,1H3,(H2,22,23,24). The van der Waals surface area contributed by atoms with Crippen molar-refractivity contribution >= 4 is 29.1 Å². The molecule has 3 rings (SSSR count). The van der Waals surface area contributed by atoms with E-state index in [9.17, 15) is 13.2 Å². The highest BCUT2D eigenvalue weighted by Crippen LogP contribution is 2.36. The number of halogens is 3. The zero-order valence-corrected chi connectivity index (χ0v) is 17.8. The number of hydrogen-bond donors (Lipinski definition) is 2. The van der Waals surface area contributed by atoms with Crippen molar-refractivity contribution < 1.29 is 13.2 Å². The minimum atomic E-state index is -4.37. The molecule has 0 atom stereocenters. The van der Waals surface area contributed by atoms with Crippen LogP contribution >= 0.6 is 23.1 Å². The summed E-state index contributed by atoms with van der Waals surface area (Å²) in [5.74, 6) is 3.09. The Morgan fingerprint density at radius 2 is 1.96 bits per heavy atom. The van der Waals surface area contributed by atoms with Gasteiger partial charge in [0.2, 0.25) is 0 Å². The summed E-state index contributed by atoms with van der Waals surface area (Å²) >= 11 is 3.07. The van der Waals surface area contributed by atoms with Gasteiger partial charge in [-0.25, -0.2) is 4.98 Å². The van der Waals surface area contributed by atoms with Crippen LogP contribution in [0, 0.1) is 0 Å². The topological polar surface area (TPSA) is 52.6 Å². The van der Waals surface area contributed by atoms with Crippen LogP contribution in [0.25, 0.3) is 0 Å². The lowest BCUT2D eigenvalue weighted by molar-refractivity contribution is -0.140. The van der Waals surface area contributed by atoms with E-state index in [1.54, 1.807) is 7.05 Å². The molecule has 5 nitrogen and oxygen atoms in total. The fourth-order valence-corrected chi connectivity index (χ4v) is 5.70. The minimum absolute atomic E-state index is 0.204. The predicted octanol–water partition coefficient (Wildman–Crippen LogP) is 3.23. The van der Waals surface area contributed by atoms with Crippen LogP contribution in [0.4, 0.5) is 13.2 Å². The molecule has 0 unspecified atom stereocenters. The fraction of sp³-hybridized carbons (Fsp3) is 0.778. The Bertz CT molecular complexity index is 650. The number of thiazole rings is 1. The van der Waals surface area contributed by atoms with E-state index in [1.807, 2.05) is 11.8 Å². The molecule has 0 bridgehead atoms. The molecule has 1 saturated carbocycles. The largest absolute Gasteiger partial charge is 0.434 e. The van der Waals surface area contributed by atoms with Gasteiger partial charge in [0.1, 0.15) is 0 Å². The molecule has 158 valence electrons. The van der Waals surface area contributed by atoms with Gasteiger partial charge in [0, 0.05) is 62.1 Å². The molecule has 2 N–H and O–H groups in total. The van der Waals surface area contributed by atoms with Gasteiger partial charge in [-0.05, 0) is 12.8 Å². The predicted molar refractivity (Wildman–Crippen MR) is 110 cm³/mol. The molecule has 0 amide bonds. The Kier molecular flexibility index (Phi) is 7.49. The van der Waals surface area contributed by atoms with Crippen LogP contribution in [0.15, 0.2) is 10.4 Å². The minimum Gasteiger partial charge on any atom is -0.356 e. The molecule has 2 heterocycles. The van der Waals surface area contributed by atoms with E-state index < -0.39 is 11.9 Å². The molecule has 1 aromatic rings. The number of aromatic nitrogens is 1. The molecule has 1 aliphatic heterocycles. The lowest BCUT2D eigenvalue weighted by Gasteiger charge is -2.43. The Morgan fingerprint density at radius 1 is 1.25 bits per heavy atom. The van der Waals surface area contributed by atoms with Crippen LogP contribution in [0.5, 0.6) is 0 Å². The van der Waals surface area contributed by atoms with Crippen molar-refractivity contribution in [3.63, 3.8) is 0 Å². The van der Waals surface area contributed by atoms with Crippen molar-refractivity contribution in [1.82, 2.24) is 20.5 Å². The highest BCUT2D eigenvalue weighted by Gasteiger charge is 2.40. The first-order chi connectivity index (χ1) is 13.4. The molecule has 1 saturated heterocycles. The molecule has 2 aliphatic rings. The second-order valence-corrected chi connectivity index (χ2v) is 9.43. The molecule has 10 heteroatoms. The van der Waals surface area contributed by atoms with Gasteiger partial charge in [-0.2, -0.15) is 24.9 Å². The van der Waals surface area contributed by atoms with Crippen molar-refractivity contribution in [3.05, 3.63) is 16.1 Å². The summed E-state index contributed by atoms with van der Waals surface area (Å²) in [7, 11) is 1.72. The summed E-state index contributed by atoms with van der Waals surface area (Å²) < 4.78 is 37.9. The van der Waals surface area contributed by atoms with Crippen LogP contribution in [0.2, 0.25) is 0 Å². The first kappa shape index (κ1) is 21.7. The number of nitrogens with zero attached hydrogens (tertiary/aromatic N) is 3. The van der Waals surface area contributed by atoms with Crippen LogP contribution < -0.4 is 10.6 Å². The zero-order valence-electron chi connectivity index (χ0n) is 16.1. The van der Waals surface area contributed by atoms with Gasteiger partial charge in [0.25, 0.3) is 0 Å². The van der Waals surface area contributed by atoms with Crippen molar-refractivity contribution in [2.45, 2.75) is 43.8 Å². The number of thioether (sulfide) groups is 1. The average Bonchev–Trinajstić information content (AvgIpc) is 3.35. The lowest BCUT2D eigenvalue weighted by atomic mass is 9.94. The summed E-state index contributed by atoms with van der Waals surface area (Å²) in [5, 5.41) is 8.22. The quantitative estimate of drug-likeness (QED) is 0.531. The number of alkyl halides is 3. The maximum absolute atomic E-state index is 12.6. The molecule has 28 heavy (non-hydrogen) atoms. The van der Waals surface area contributed by atoms with E-state index >= 15 is 0 Å². The number of rotatable bonds is 6. The molecular formula is C18H28F3N5S2. The van der Waals surface area contributed by atoms with Crippen LogP contribution in [0.1, 0.15) is 36.4 Å². The lowest BCUT2D eigenvalue weighted by Crippen LogP contribution is -2.57. The molecule has 0 radical (unpaired) electrons. The van der Waals surface area contributed by atoms with Crippen molar-refractivity contribution in [2.75, 3.05) is 44.7 Å². The first-order valence-electron chi connectivity index (χ1n) is 9.72. The maximum Gasteiger partial charge on any atom is 0.434 e. The van der Waals surface area contributed by atoms with E-state index in [0.717, 1.165) is 36.4 Å². The Balaban J connectivity index is 1.48. The van der Waals surface area contributed by atoms with Gasteiger partial charge in [-0.1, -0.05) is 12.8 Å². The Hall–Kier alpha value is -1.00. The molecule has 2 fully saturated rings. The fourth-order valence-electron chi connectivity index (χ4n) is 3.99. The highest BCUT2D eigenvalue weighted by atomic mass is 32.2. The molecule has 1 aromatic heterocycles. The molecule has 0 aromatic carbocycles. The number of nitrogens with one attached hydrogen (secondary N) is 2. The summed E-state index contributed by atoms with van der Waals surface area (Å²) in [5.41, 5.74) is -0.604. The van der Waals surface area contributed by atoms with Crippen molar-refractivity contribution in [2.24, 2.45) is 4.99 Å². The van der Waals surface area contributed by atoms with E-state index in [2.05, 4.69) is 25.5 Å². The second kappa shape index (κ2) is 9.67.